The van der Waals surface area contributed by atoms with Crippen LogP contribution in [0.5, 0.6) is 0 Å². The lowest BCUT2D eigenvalue weighted by molar-refractivity contribution is -0.142. The van der Waals surface area contributed by atoms with Crippen LogP contribution in [0, 0.1) is 0 Å². The van der Waals surface area contributed by atoms with Gasteiger partial charge < -0.3 is 9.67 Å². The van der Waals surface area contributed by atoms with Crippen LogP contribution in [0.4, 0.5) is 13.2 Å². The Bertz CT molecular complexity index is 599. The second-order valence-electron chi connectivity index (χ2n) is 3.63. The molecule has 0 spiro atoms. The van der Waals surface area contributed by atoms with E-state index < -0.39 is 17.8 Å². The Hall–Kier alpha value is -1.98. The zero-order chi connectivity index (χ0) is 12.8. The number of hydrogen-bond donors (Lipinski definition) is 1. The number of hydrogen-bond acceptors (Lipinski definition) is 1. The van der Waals surface area contributed by atoms with Gasteiger partial charge in [-0.1, -0.05) is 6.07 Å². The lowest BCUT2D eigenvalue weighted by Crippen LogP contribution is -2.10. The van der Waals surface area contributed by atoms with Crippen LogP contribution in [0.2, 0.25) is 0 Å². The number of halogens is 3. The molecule has 0 aliphatic heterocycles. The van der Waals surface area contributed by atoms with Crippen LogP contribution in [0.15, 0.2) is 24.3 Å². The fraction of sp³-hybridized carbons (Fsp3) is 0.182. The lowest BCUT2D eigenvalue weighted by atomic mass is 10.1. The Labute approximate surface area is 94.1 Å². The molecule has 0 amide bonds. The van der Waals surface area contributed by atoms with Crippen LogP contribution >= 0.6 is 0 Å². The smallest absolute Gasteiger partial charge is 0.431 e. The first-order chi connectivity index (χ1) is 7.82. The minimum Gasteiger partial charge on any atom is -0.478 e. The number of aryl methyl sites for hydroxylation is 1. The van der Waals surface area contributed by atoms with Crippen molar-refractivity contribution in [3.63, 3.8) is 0 Å². The van der Waals surface area contributed by atoms with Crippen LogP contribution in [0.3, 0.4) is 0 Å². The molecule has 0 saturated heterocycles. The highest BCUT2D eigenvalue weighted by Gasteiger charge is 2.35. The van der Waals surface area contributed by atoms with E-state index in [0.29, 0.717) is 0 Å². The highest BCUT2D eigenvalue weighted by atomic mass is 19.4. The molecule has 3 nitrogen and oxygen atoms in total. The Morgan fingerprint density at radius 1 is 1.35 bits per heavy atom. The van der Waals surface area contributed by atoms with Gasteiger partial charge in [-0.2, -0.15) is 13.2 Å². The molecule has 0 radical (unpaired) electrons. The predicted octanol–water partition coefficient (Wildman–Crippen LogP) is 2.90. The quantitative estimate of drug-likeness (QED) is 0.836. The van der Waals surface area contributed by atoms with Gasteiger partial charge >= 0.3 is 12.1 Å². The van der Waals surface area contributed by atoms with Gasteiger partial charge in [0, 0.05) is 18.0 Å². The average Bonchev–Trinajstić information content (AvgIpc) is 2.55. The van der Waals surface area contributed by atoms with Crippen LogP contribution in [0.1, 0.15) is 16.1 Å². The first-order valence-corrected chi connectivity index (χ1v) is 4.71. The van der Waals surface area contributed by atoms with E-state index >= 15 is 0 Å². The third-order valence-corrected chi connectivity index (χ3v) is 2.61. The maximum absolute atomic E-state index is 12.7. The number of carbonyl (C=O) groups is 1. The zero-order valence-corrected chi connectivity index (χ0v) is 8.75. The predicted molar refractivity (Wildman–Crippen MR) is 54.9 cm³/mol. The normalized spacial score (nSPS) is 12.0. The second kappa shape index (κ2) is 3.51. The first kappa shape index (κ1) is 11.5. The molecule has 1 aromatic carbocycles. The summed E-state index contributed by atoms with van der Waals surface area (Å²) in [4.78, 5) is 10.9. The molecule has 1 aromatic heterocycles. The summed E-state index contributed by atoms with van der Waals surface area (Å²) in [7, 11) is 1.26. The number of aromatic nitrogens is 1. The molecule has 0 atom stereocenters. The molecule has 2 rings (SSSR count). The Balaban J connectivity index is 2.82. The van der Waals surface area contributed by atoms with Gasteiger partial charge in [0.1, 0.15) is 5.69 Å². The summed E-state index contributed by atoms with van der Waals surface area (Å²) in [6, 6.07) is 5.02. The Morgan fingerprint density at radius 2 is 2.00 bits per heavy atom. The fourth-order valence-corrected chi connectivity index (χ4v) is 1.82. The van der Waals surface area contributed by atoms with E-state index in [1.54, 1.807) is 0 Å². The number of carboxylic acid groups (broad SMARTS) is 1. The maximum Gasteiger partial charge on any atom is 0.431 e. The van der Waals surface area contributed by atoms with Crippen LogP contribution in [-0.4, -0.2) is 15.6 Å². The SMILES string of the molecule is Cn1c(C(F)(F)F)cc2c(C(=O)O)cccc21. The van der Waals surface area contributed by atoms with Gasteiger partial charge in [0.2, 0.25) is 0 Å². The number of aromatic carboxylic acids is 1. The summed E-state index contributed by atoms with van der Waals surface area (Å²) in [5.74, 6) is -1.24. The number of nitrogens with zero attached hydrogens (tertiary/aromatic N) is 1. The highest BCUT2D eigenvalue weighted by molar-refractivity contribution is 6.03. The minimum atomic E-state index is -4.50. The van der Waals surface area contributed by atoms with E-state index in [4.69, 9.17) is 5.11 Å². The van der Waals surface area contributed by atoms with Crippen LogP contribution < -0.4 is 0 Å². The van der Waals surface area contributed by atoms with E-state index in [0.717, 1.165) is 10.6 Å². The number of fused-ring (bicyclic) bond motifs is 1. The Morgan fingerprint density at radius 3 is 2.53 bits per heavy atom. The van der Waals surface area contributed by atoms with Crippen molar-refractivity contribution >= 4 is 16.9 Å². The number of carboxylic acids is 1. The molecule has 1 N–H and O–H groups in total. The van der Waals surface area contributed by atoms with Crippen molar-refractivity contribution in [2.75, 3.05) is 0 Å². The second-order valence-corrected chi connectivity index (χ2v) is 3.63. The molecule has 0 saturated carbocycles. The summed E-state index contributed by atoms with van der Waals surface area (Å²) in [5.41, 5.74) is -0.743. The van der Waals surface area contributed by atoms with Gasteiger partial charge in [-0.15, -0.1) is 0 Å². The molecule has 17 heavy (non-hydrogen) atoms. The van der Waals surface area contributed by atoms with Gasteiger partial charge in [0.15, 0.2) is 0 Å². The van der Waals surface area contributed by atoms with Gasteiger partial charge in [0.25, 0.3) is 0 Å². The number of alkyl halides is 3. The van der Waals surface area contributed by atoms with E-state index in [1.165, 1.54) is 25.2 Å². The van der Waals surface area contributed by atoms with E-state index in [9.17, 15) is 18.0 Å². The van der Waals surface area contributed by atoms with Crippen molar-refractivity contribution in [3.8, 4) is 0 Å². The van der Waals surface area contributed by atoms with E-state index in [2.05, 4.69) is 0 Å². The summed E-state index contributed by atoms with van der Waals surface area (Å²) in [6.45, 7) is 0. The molecule has 2 aromatic rings. The van der Waals surface area contributed by atoms with Crippen LogP contribution in [-0.2, 0) is 13.2 Å². The van der Waals surface area contributed by atoms with Crippen molar-refractivity contribution in [1.29, 1.82) is 0 Å². The van der Waals surface area contributed by atoms with E-state index in [-0.39, 0.29) is 16.5 Å². The first-order valence-electron chi connectivity index (χ1n) is 4.71. The average molecular weight is 243 g/mol. The van der Waals surface area contributed by atoms with Gasteiger partial charge in [0.05, 0.1) is 5.56 Å². The van der Waals surface area contributed by atoms with Crippen molar-refractivity contribution in [3.05, 3.63) is 35.5 Å². The molecule has 6 heteroatoms. The molecule has 0 aliphatic rings. The molecule has 0 bridgehead atoms. The fourth-order valence-electron chi connectivity index (χ4n) is 1.82. The lowest BCUT2D eigenvalue weighted by Gasteiger charge is -2.07. The topological polar surface area (TPSA) is 42.2 Å². The minimum absolute atomic E-state index is 0.0924. The zero-order valence-electron chi connectivity index (χ0n) is 8.75. The molecule has 0 aliphatic carbocycles. The van der Waals surface area contributed by atoms with Gasteiger partial charge in [-0.25, -0.2) is 4.79 Å². The molecular weight excluding hydrogens is 235 g/mol. The van der Waals surface area contributed by atoms with Crippen molar-refractivity contribution < 1.29 is 23.1 Å². The number of benzene rings is 1. The molecule has 0 fully saturated rings. The third kappa shape index (κ3) is 1.75. The van der Waals surface area contributed by atoms with Gasteiger partial charge in [-0.05, 0) is 18.2 Å². The largest absolute Gasteiger partial charge is 0.478 e. The Kier molecular flexibility index (Phi) is 2.38. The monoisotopic (exact) mass is 243 g/mol. The summed E-state index contributed by atoms with van der Waals surface area (Å²) in [6.07, 6.45) is -4.50. The molecule has 0 unspecified atom stereocenters. The summed E-state index contributed by atoms with van der Waals surface area (Å²) < 4.78 is 38.9. The third-order valence-electron chi connectivity index (χ3n) is 2.61. The van der Waals surface area contributed by atoms with Crippen LogP contribution in [0.25, 0.3) is 10.9 Å². The van der Waals surface area contributed by atoms with E-state index in [1.807, 2.05) is 0 Å². The summed E-state index contributed by atoms with van der Waals surface area (Å²) in [5, 5.41) is 8.99. The highest BCUT2D eigenvalue weighted by Crippen LogP contribution is 2.34. The number of rotatable bonds is 1. The molecule has 90 valence electrons. The van der Waals surface area contributed by atoms with Crippen molar-refractivity contribution in [2.45, 2.75) is 6.18 Å². The van der Waals surface area contributed by atoms with Crippen molar-refractivity contribution in [2.24, 2.45) is 7.05 Å². The standard InChI is InChI=1S/C11H8F3NO2/c1-15-8-4-2-3-6(10(16)17)7(8)5-9(15)11(12,13)14/h2-5H,1H3,(H,16,17). The maximum atomic E-state index is 12.7. The van der Waals surface area contributed by atoms with Gasteiger partial charge in [-0.3, -0.25) is 0 Å². The van der Waals surface area contributed by atoms with Crippen molar-refractivity contribution in [1.82, 2.24) is 4.57 Å². The molecule has 1 heterocycles. The summed E-state index contributed by atoms with van der Waals surface area (Å²) >= 11 is 0. The molecular formula is C11H8F3NO2.